The van der Waals surface area contributed by atoms with Gasteiger partial charge in [0.15, 0.2) is 5.17 Å². The second-order valence-corrected chi connectivity index (χ2v) is 6.01. The van der Waals surface area contributed by atoms with Crippen LogP contribution in [-0.2, 0) is 16.0 Å². The first-order valence-corrected chi connectivity index (χ1v) is 7.82. The van der Waals surface area contributed by atoms with E-state index in [1.165, 1.54) is 6.92 Å². The van der Waals surface area contributed by atoms with Crippen molar-refractivity contribution in [1.29, 1.82) is 0 Å². The molecular formula is C15H19N3O2S. The van der Waals surface area contributed by atoms with Gasteiger partial charge in [0, 0.05) is 32.7 Å². The fourth-order valence-electron chi connectivity index (χ4n) is 2.06. The Morgan fingerprint density at radius 1 is 1.38 bits per heavy atom. The molecule has 0 bridgehead atoms. The second-order valence-electron chi connectivity index (χ2n) is 4.95. The van der Waals surface area contributed by atoms with Crippen LogP contribution >= 0.6 is 11.8 Å². The standard InChI is InChI=1S/C15H19N3O2S/c1-11(19)16-13(10-12-6-4-3-5-7-12)14(20)17-15-18(2)8-9-21-15/h3-7,13H,8-10H2,1-2H3,(H,16,19)/t13-/m1/s1. The Labute approximate surface area is 128 Å². The molecule has 0 unspecified atom stereocenters. The number of carbonyl (C=O) groups excluding carboxylic acids is 2. The minimum atomic E-state index is -0.619. The third kappa shape index (κ3) is 4.60. The molecule has 1 aromatic rings. The van der Waals surface area contributed by atoms with Crippen molar-refractivity contribution >= 4 is 28.7 Å². The van der Waals surface area contributed by atoms with Crippen molar-refractivity contribution in [2.24, 2.45) is 4.99 Å². The molecule has 2 amide bonds. The van der Waals surface area contributed by atoms with Crippen LogP contribution in [-0.4, -0.2) is 47.3 Å². The van der Waals surface area contributed by atoms with E-state index in [2.05, 4.69) is 10.3 Å². The number of amides is 2. The van der Waals surface area contributed by atoms with E-state index in [-0.39, 0.29) is 11.8 Å². The third-order valence-electron chi connectivity index (χ3n) is 3.15. The van der Waals surface area contributed by atoms with E-state index >= 15 is 0 Å². The highest BCUT2D eigenvalue weighted by molar-refractivity contribution is 8.14. The highest BCUT2D eigenvalue weighted by atomic mass is 32.2. The zero-order valence-electron chi connectivity index (χ0n) is 12.2. The topological polar surface area (TPSA) is 61.8 Å². The summed E-state index contributed by atoms with van der Waals surface area (Å²) in [5, 5.41) is 3.42. The molecule has 1 aliphatic heterocycles. The van der Waals surface area contributed by atoms with Crippen LogP contribution in [0.2, 0.25) is 0 Å². The van der Waals surface area contributed by atoms with Gasteiger partial charge in [0.2, 0.25) is 5.91 Å². The number of hydrogen-bond donors (Lipinski definition) is 1. The summed E-state index contributed by atoms with van der Waals surface area (Å²) in [6, 6.07) is 9.00. The average Bonchev–Trinajstić information content (AvgIpc) is 2.84. The molecule has 21 heavy (non-hydrogen) atoms. The van der Waals surface area contributed by atoms with E-state index in [4.69, 9.17) is 0 Å². The second kappa shape index (κ2) is 7.26. The lowest BCUT2D eigenvalue weighted by Gasteiger charge is -2.16. The first-order chi connectivity index (χ1) is 10.1. The van der Waals surface area contributed by atoms with E-state index in [1.807, 2.05) is 42.3 Å². The quantitative estimate of drug-likeness (QED) is 0.911. The summed E-state index contributed by atoms with van der Waals surface area (Å²) in [5.41, 5.74) is 0.997. The van der Waals surface area contributed by atoms with Gasteiger partial charge in [-0.3, -0.25) is 9.59 Å². The Kier molecular flexibility index (Phi) is 5.38. The highest BCUT2D eigenvalue weighted by Gasteiger charge is 2.23. The number of aliphatic imine (C=N–C) groups is 1. The molecule has 1 aliphatic rings. The molecule has 1 heterocycles. The van der Waals surface area contributed by atoms with E-state index < -0.39 is 6.04 Å². The Morgan fingerprint density at radius 3 is 2.67 bits per heavy atom. The zero-order valence-corrected chi connectivity index (χ0v) is 13.0. The van der Waals surface area contributed by atoms with Gasteiger partial charge >= 0.3 is 0 Å². The fourth-order valence-corrected chi connectivity index (χ4v) is 3.08. The molecule has 6 heteroatoms. The zero-order chi connectivity index (χ0) is 15.2. The SMILES string of the molecule is CC(=O)N[C@H](Cc1ccccc1)C(=O)N=C1SCCN1C. The van der Waals surface area contributed by atoms with Crippen molar-refractivity contribution in [3.63, 3.8) is 0 Å². The van der Waals surface area contributed by atoms with Crippen LogP contribution < -0.4 is 5.32 Å². The fraction of sp³-hybridized carbons (Fsp3) is 0.400. The van der Waals surface area contributed by atoms with Crippen LogP contribution in [0.3, 0.4) is 0 Å². The number of nitrogens with zero attached hydrogens (tertiary/aromatic N) is 2. The summed E-state index contributed by atoms with van der Waals surface area (Å²) in [6.45, 7) is 2.30. The van der Waals surface area contributed by atoms with Gasteiger partial charge in [0.05, 0.1) is 0 Å². The minimum absolute atomic E-state index is 0.225. The van der Waals surface area contributed by atoms with Crippen LogP contribution in [0.5, 0.6) is 0 Å². The summed E-state index contributed by atoms with van der Waals surface area (Å²) < 4.78 is 0. The van der Waals surface area contributed by atoms with Crippen LogP contribution in [0.25, 0.3) is 0 Å². The van der Waals surface area contributed by atoms with Crippen LogP contribution in [0, 0.1) is 0 Å². The van der Waals surface area contributed by atoms with E-state index in [1.54, 1.807) is 11.8 Å². The average molecular weight is 305 g/mol. The minimum Gasteiger partial charge on any atom is -0.353 e. The number of rotatable bonds is 4. The predicted octanol–water partition coefficient (Wildman–Crippen LogP) is 1.29. The Balaban J connectivity index is 2.11. The van der Waals surface area contributed by atoms with Crippen molar-refractivity contribution in [2.45, 2.75) is 19.4 Å². The maximum absolute atomic E-state index is 12.3. The summed E-state index contributed by atoms with van der Waals surface area (Å²) >= 11 is 1.56. The molecule has 2 rings (SSSR count). The van der Waals surface area contributed by atoms with Gasteiger partial charge in [0.25, 0.3) is 5.91 Å². The van der Waals surface area contributed by atoms with Crippen LogP contribution in [0.1, 0.15) is 12.5 Å². The molecule has 1 saturated heterocycles. The number of hydrogen-bond acceptors (Lipinski definition) is 3. The monoisotopic (exact) mass is 305 g/mol. The largest absolute Gasteiger partial charge is 0.353 e. The van der Waals surface area contributed by atoms with Crippen molar-refractivity contribution in [3.8, 4) is 0 Å². The summed E-state index contributed by atoms with van der Waals surface area (Å²) in [4.78, 5) is 29.8. The molecule has 0 spiro atoms. The number of carbonyl (C=O) groups is 2. The van der Waals surface area contributed by atoms with Crippen molar-refractivity contribution in [2.75, 3.05) is 19.3 Å². The van der Waals surface area contributed by atoms with Crippen molar-refractivity contribution < 1.29 is 9.59 Å². The van der Waals surface area contributed by atoms with E-state index in [0.29, 0.717) is 6.42 Å². The summed E-state index contributed by atoms with van der Waals surface area (Å²) in [5.74, 6) is 0.411. The van der Waals surface area contributed by atoms with E-state index in [0.717, 1.165) is 23.0 Å². The Morgan fingerprint density at radius 2 is 2.10 bits per heavy atom. The molecule has 112 valence electrons. The normalized spacial score (nSPS) is 17.8. The summed E-state index contributed by atoms with van der Waals surface area (Å²) in [6.07, 6.45) is 0.449. The first-order valence-electron chi connectivity index (χ1n) is 6.84. The lowest BCUT2D eigenvalue weighted by atomic mass is 10.1. The molecule has 0 radical (unpaired) electrons. The summed E-state index contributed by atoms with van der Waals surface area (Å²) in [7, 11) is 1.91. The molecule has 1 fully saturated rings. The van der Waals surface area contributed by atoms with Crippen molar-refractivity contribution in [3.05, 3.63) is 35.9 Å². The van der Waals surface area contributed by atoms with Crippen LogP contribution in [0.4, 0.5) is 0 Å². The number of benzene rings is 1. The van der Waals surface area contributed by atoms with Gasteiger partial charge in [-0.25, -0.2) is 0 Å². The highest BCUT2D eigenvalue weighted by Crippen LogP contribution is 2.16. The molecule has 0 saturated carbocycles. The molecule has 1 aromatic carbocycles. The smallest absolute Gasteiger partial charge is 0.270 e. The Bertz CT molecular complexity index is 545. The van der Waals surface area contributed by atoms with E-state index in [9.17, 15) is 9.59 Å². The maximum Gasteiger partial charge on any atom is 0.270 e. The van der Waals surface area contributed by atoms with Gasteiger partial charge in [-0.05, 0) is 5.56 Å². The predicted molar refractivity (Wildman–Crippen MR) is 85.3 cm³/mol. The molecule has 0 aliphatic carbocycles. The van der Waals surface area contributed by atoms with Gasteiger partial charge in [0.1, 0.15) is 6.04 Å². The lowest BCUT2D eigenvalue weighted by Crippen LogP contribution is -2.41. The van der Waals surface area contributed by atoms with Gasteiger partial charge in [-0.15, -0.1) is 0 Å². The molecule has 1 atom stereocenters. The van der Waals surface area contributed by atoms with Gasteiger partial charge in [-0.1, -0.05) is 42.1 Å². The molecule has 5 nitrogen and oxygen atoms in total. The lowest BCUT2D eigenvalue weighted by molar-refractivity contribution is -0.126. The van der Waals surface area contributed by atoms with Gasteiger partial charge < -0.3 is 10.2 Å². The maximum atomic E-state index is 12.3. The number of amidine groups is 1. The molecular weight excluding hydrogens is 286 g/mol. The van der Waals surface area contributed by atoms with Gasteiger partial charge in [-0.2, -0.15) is 4.99 Å². The molecule has 0 aromatic heterocycles. The number of nitrogens with one attached hydrogen (secondary N) is 1. The molecule has 1 N–H and O–H groups in total. The first kappa shape index (κ1) is 15.6. The Hall–Kier alpha value is -1.82. The van der Waals surface area contributed by atoms with Crippen molar-refractivity contribution in [1.82, 2.24) is 10.2 Å². The third-order valence-corrected chi connectivity index (χ3v) is 4.20. The number of thioether (sulfide) groups is 1. The van der Waals surface area contributed by atoms with Crippen LogP contribution in [0.15, 0.2) is 35.3 Å².